The first-order chi connectivity index (χ1) is 11.5. The number of benzene rings is 1. The van der Waals surface area contributed by atoms with Gasteiger partial charge in [0, 0.05) is 18.2 Å². The molecule has 1 N–H and O–H groups in total. The summed E-state index contributed by atoms with van der Waals surface area (Å²) in [5.41, 5.74) is 1.50. The molecular weight excluding hydrogens is 351 g/mol. The Balaban J connectivity index is 1.69. The van der Waals surface area contributed by atoms with E-state index in [2.05, 4.69) is 20.5 Å². The molecule has 8 heteroatoms. The van der Waals surface area contributed by atoms with E-state index in [1.807, 2.05) is 13.0 Å². The Morgan fingerprint density at radius 1 is 1.38 bits per heavy atom. The summed E-state index contributed by atoms with van der Waals surface area (Å²) in [6, 6.07) is 5.09. The zero-order chi connectivity index (χ0) is 17.1. The number of amides is 1. The van der Waals surface area contributed by atoms with Crippen LogP contribution < -0.4 is 5.32 Å². The Labute approximate surface area is 149 Å². The molecule has 1 aromatic rings. The van der Waals surface area contributed by atoms with E-state index < -0.39 is 0 Å². The summed E-state index contributed by atoms with van der Waals surface area (Å²) in [6.07, 6.45) is 3.21. The third kappa shape index (κ3) is 3.76. The van der Waals surface area contributed by atoms with E-state index in [1.54, 1.807) is 18.3 Å². The van der Waals surface area contributed by atoms with Gasteiger partial charge in [0.25, 0.3) is 0 Å². The van der Waals surface area contributed by atoms with Crippen LogP contribution in [0.25, 0.3) is 0 Å². The molecule has 3 atom stereocenters. The molecule has 3 unspecified atom stereocenters. The van der Waals surface area contributed by atoms with Crippen molar-refractivity contribution in [2.24, 2.45) is 21.1 Å². The van der Waals surface area contributed by atoms with E-state index in [9.17, 15) is 4.79 Å². The molecule has 6 nitrogen and oxygen atoms in total. The third-order valence-electron chi connectivity index (χ3n) is 3.92. The molecule has 0 bridgehead atoms. The second-order valence-electron chi connectivity index (χ2n) is 5.68. The van der Waals surface area contributed by atoms with E-state index >= 15 is 0 Å². The van der Waals surface area contributed by atoms with Crippen molar-refractivity contribution in [3.05, 3.63) is 33.8 Å². The number of rotatable bonds is 4. The lowest BCUT2D eigenvalue weighted by atomic mass is 9.90. The van der Waals surface area contributed by atoms with Gasteiger partial charge in [0.05, 0.1) is 34.3 Å². The maximum Gasteiger partial charge on any atom is 0.221 e. The van der Waals surface area contributed by atoms with Crippen LogP contribution in [-0.2, 0) is 9.63 Å². The number of hydrogen-bond donors (Lipinski definition) is 1. The fourth-order valence-corrected chi connectivity index (χ4v) is 2.93. The van der Waals surface area contributed by atoms with E-state index in [0.29, 0.717) is 22.3 Å². The maximum absolute atomic E-state index is 12.3. The van der Waals surface area contributed by atoms with Crippen LogP contribution in [-0.4, -0.2) is 42.9 Å². The molecule has 0 saturated carbocycles. The summed E-state index contributed by atoms with van der Waals surface area (Å²) in [4.78, 5) is 25.7. The van der Waals surface area contributed by atoms with Gasteiger partial charge in [0.1, 0.15) is 12.4 Å². The van der Waals surface area contributed by atoms with Gasteiger partial charge in [0.15, 0.2) is 0 Å². The SMILES string of the molecule is CC1ON=C(c2ccc(Cl)c(Cl)c2)C1CC(=O)NC1C=NC=NC1. The van der Waals surface area contributed by atoms with Crippen LogP contribution in [0.3, 0.4) is 0 Å². The minimum Gasteiger partial charge on any atom is -0.392 e. The molecule has 0 aromatic heterocycles. The van der Waals surface area contributed by atoms with Gasteiger partial charge in [-0.15, -0.1) is 0 Å². The van der Waals surface area contributed by atoms with Crippen LogP contribution in [0.1, 0.15) is 18.9 Å². The lowest BCUT2D eigenvalue weighted by Gasteiger charge is -2.18. The van der Waals surface area contributed by atoms with Crippen molar-refractivity contribution in [3.63, 3.8) is 0 Å². The Hall–Kier alpha value is -1.92. The van der Waals surface area contributed by atoms with Crippen LogP contribution >= 0.6 is 23.2 Å². The molecule has 0 spiro atoms. The quantitative estimate of drug-likeness (QED) is 0.889. The van der Waals surface area contributed by atoms with E-state index in [-0.39, 0.29) is 30.4 Å². The lowest BCUT2D eigenvalue weighted by molar-refractivity contribution is -0.122. The summed E-state index contributed by atoms with van der Waals surface area (Å²) in [6.45, 7) is 2.39. The predicted octanol–water partition coefficient (Wildman–Crippen LogP) is 2.72. The molecule has 2 heterocycles. The van der Waals surface area contributed by atoms with Crippen molar-refractivity contribution in [2.45, 2.75) is 25.5 Å². The highest BCUT2D eigenvalue weighted by Gasteiger charge is 2.34. The Kier molecular flexibility index (Phi) is 5.16. The molecule has 126 valence electrons. The van der Waals surface area contributed by atoms with Crippen molar-refractivity contribution in [1.82, 2.24) is 5.32 Å². The van der Waals surface area contributed by atoms with Crippen LogP contribution in [0.5, 0.6) is 0 Å². The molecule has 0 radical (unpaired) electrons. The highest BCUT2D eigenvalue weighted by molar-refractivity contribution is 6.42. The molecule has 2 aliphatic heterocycles. The standard InChI is InChI=1S/C16H16Cl2N4O2/c1-9-12(5-15(23)21-11-6-19-8-20-7-11)16(22-24-9)10-2-3-13(17)14(18)4-10/h2-4,6,8-9,11-12H,5,7H2,1H3,(H,21,23). The largest absolute Gasteiger partial charge is 0.392 e. The van der Waals surface area contributed by atoms with Crippen molar-refractivity contribution in [3.8, 4) is 0 Å². The molecule has 0 saturated heterocycles. The summed E-state index contributed by atoms with van der Waals surface area (Å²) in [5.74, 6) is -0.259. The van der Waals surface area contributed by atoms with Crippen LogP contribution in [0.2, 0.25) is 10.0 Å². The second kappa shape index (κ2) is 7.32. The van der Waals surface area contributed by atoms with Gasteiger partial charge in [-0.25, -0.2) is 4.99 Å². The van der Waals surface area contributed by atoms with Crippen LogP contribution in [0.4, 0.5) is 0 Å². The van der Waals surface area contributed by atoms with Crippen molar-refractivity contribution < 1.29 is 9.63 Å². The zero-order valence-corrected chi connectivity index (χ0v) is 14.5. The van der Waals surface area contributed by atoms with Gasteiger partial charge < -0.3 is 10.2 Å². The van der Waals surface area contributed by atoms with Crippen molar-refractivity contribution in [2.75, 3.05) is 6.54 Å². The van der Waals surface area contributed by atoms with Gasteiger partial charge >= 0.3 is 0 Å². The molecule has 3 rings (SSSR count). The highest BCUT2D eigenvalue weighted by atomic mass is 35.5. The van der Waals surface area contributed by atoms with Gasteiger partial charge in [-0.05, 0) is 19.1 Å². The topological polar surface area (TPSA) is 75.4 Å². The summed E-state index contributed by atoms with van der Waals surface area (Å²) >= 11 is 12.0. The molecule has 24 heavy (non-hydrogen) atoms. The van der Waals surface area contributed by atoms with E-state index in [4.69, 9.17) is 28.0 Å². The first-order valence-corrected chi connectivity index (χ1v) is 8.30. The van der Waals surface area contributed by atoms with Gasteiger partial charge in [-0.2, -0.15) is 0 Å². The average Bonchev–Trinajstić information content (AvgIpc) is 2.92. The average molecular weight is 367 g/mol. The molecule has 2 aliphatic rings. The van der Waals surface area contributed by atoms with Gasteiger partial charge in [-0.1, -0.05) is 34.4 Å². The highest BCUT2D eigenvalue weighted by Crippen LogP contribution is 2.29. The zero-order valence-electron chi connectivity index (χ0n) is 12.9. The van der Waals surface area contributed by atoms with Crippen molar-refractivity contribution in [1.29, 1.82) is 0 Å². The van der Waals surface area contributed by atoms with E-state index in [0.717, 1.165) is 5.56 Å². The number of nitrogens with one attached hydrogen (secondary N) is 1. The fourth-order valence-electron chi connectivity index (χ4n) is 2.63. The number of oxime groups is 1. The van der Waals surface area contributed by atoms with Crippen LogP contribution in [0.15, 0.2) is 33.3 Å². The first-order valence-electron chi connectivity index (χ1n) is 7.54. The Morgan fingerprint density at radius 3 is 2.92 bits per heavy atom. The summed E-state index contributed by atoms with van der Waals surface area (Å²) in [5, 5.41) is 7.94. The number of aliphatic imine (C=N–C) groups is 2. The second-order valence-corrected chi connectivity index (χ2v) is 6.49. The summed E-state index contributed by atoms with van der Waals surface area (Å²) < 4.78 is 0. The Bertz CT molecular complexity index is 733. The molecule has 1 amide bonds. The maximum atomic E-state index is 12.3. The first kappa shape index (κ1) is 16.9. The molecule has 0 aliphatic carbocycles. The van der Waals surface area contributed by atoms with Crippen molar-refractivity contribution >= 4 is 47.4 Å². The summed E-state index contributed by atoms with van der Waals surface area (Å²) in [7, 11) is 0. The van der Waals surface area contributed by atoms with Gasteiger partial charge in [0.2, 0.25) is 5.91 Å². The van der Waals surface area contributed by atoms with Gasteiger partial charge in [-0.3, -0.25) is 9.79 Å². The Morgan fingerprint density at radius 2 is 2.21 bits per heavy atom. The normalized spacial score (nSPS) is 25.3. The fraction of sp³-hybridized carbons (Fsp3) is 0.375. The molecule has 1 aromatic carbocycles. The smallest absolute Gasteiger partial charge is 0.221 e. The number of hydrogen-bond acceptors (Lipinski definition) is 5. The third-order valence-corrected chi connectivity index (χ3v) is 4.66. The lowest BCUT2D eigenvalue weighted by Crippen LogP contribution is -2.41. The number of carbonyl (C=O) groups is 1. The minimum absolute atomic E-state index is 0.0985. The number of nitrogens with zero attached hydrogens (tertiary/aromatic N) is 3. The van der Waals surface area contributed by atoms with Crippen LogP contribution in [0, 0.1) is 5.92 Å². The number of halogens is 2. The monoisotopic (exact) mass is 366 g/mol. The minimum atomic E-state index is -0.196. The predicted molar refractivity (Wildman–Crippen MR) is 95.4 cm³/mol. The van der Waals surface area contributed by atoms with E-state index in [1.165, 1.54) is 6.34 Å². The molecular formula is C16H16Cl2N4O2. The molecule has 0 fully saturated rings. The number of carbonyl (C=O) groups excluding carboxylic acids is 1.